The summed E-state index contributed by atoms with van der Waals surface area (Å²) in [5.41, 5.74) is 1.23. The molecule has 1 amide bonds. The molecule has 1 N–H and O–H groups in total. The Hall–Kier alpha value is -2.78. The maximum Gasteiger partial charge on any atom is 0.266 e. The second-order valence-corrected chi connectivity index (χ2v) is 5.57. The number of ether oxygens (including phenoxy) is 2. The van der Waals surface area contributed by atoms with Crippen molar-refractivity contribution < 1.29 is 14.3 Å². The summed E-state index contributed by atoms with van der Waals surface area (Å²) >= 11 is 3.40. The molecule has 2 aromatic carbocycles. The van der Waals surface area contributed by atoms with E-state index in [9.17, 15) is 10.1 Å². The molecule has 5 nitrogen and oxygen atoms in total. The molecule has 2 rings (SSSR count). The highest BCUT2D eigenvalue weighted by Crippen LogP contribution is 2.34. The zero-order valence-corrected chi connectivity index (χ0v) is 14.8. The highest BCUT2D eigenvalue weighted by atomic mass is 79.9. The zero-order chi connectivity index (χ0) is 17.5. The Balaban J connectivity index is 2.33. The average Bonchev–Trinajstić information content (AvgIpc) is 2.61. The fraction of sp³-hybridized carbons (Fsp3) is 0.111. The maximum atomic E-state index is 12.3. The molecule has 0 saturated carbocycles. The van der Waals surface area contributed by atoms with Gasteiger partial charge in [0.15, 0.2) is 11.5 Å². The first-order chi connectivity index (χ1) is 11.6. The van der Waals surface area contributed by atoms with Gasteiger partial charge < -0.3 is 14.8 Å². The summed E-state index contributed by atoms with van der Waals surface area (Å²) < 4.78 is 11.1. The highest BCUT2D eigenvalue weighted by Gasteiger charge is 2.13. The van der Waals surface area contributed by atoms with Gasteiger partial charge in [-0.2, -0.15) is 5.26 Å². The second-order valence-electron chi connectivity index (χ2n) is 4.72. The van der Waals surface area contributed by atoms with E-state index < -0.39 is 5.91 Å². The minimum atomic E-state index is -0.481. The van der Waals surface area contributed by atoms with Crippen LogP contribution in [-0.2, 0) is 4.79 Å². The Labute approximate surface area is 148 Å². The van der Waals surface area contributed by atoms with Crippen molar-refractivity contribution in [2.24, 2.45) is 0 Å². The lowest BCUT2D eigenvalue weighted by atomic mass is 10.1. The summed E-state index contributed by atoms with van der Waals surface area (Å²) in [6.45, 7) is 0. The molecular weight excluding hydrogens is 372 g/mol. The number of rotatable bonds is 5. The van der Waals surface area contributed by atoms with Gasteiger partial charge in [0.05, 0.1) is 14.2 Å². The number of halogens is 1. The van der Waals surface area contributed by atoms with Crippen LogP contribution in [0.5, 0.6) is 11.5 Å². The molecule has 0 saturated heterocycles. The minimum Gasteiger partial charge on any atom is -0.493 e. The lowest BCUT2D eigenvalue weighted by molar-refractivity contribution is -0.112. The van der Waals surface area contributed by atoms with E-state index in [0.29, 0.717) is 27.2 Å². The summed E-state index contributed by atoms with van der Waals surface area (Å²) in [4.78, 5) is 12.3. The Morgan fingerprint density at radius 1 is 1.17 bits per heavy atom. The predicted octanol–water partition coefficient (Wildman–Crippen LogP) is 4.01. The van der Waals surface area contributed by atoms with Crippen LogP contribution in [0.4, 0.5) is 5.69 Å². The number of carbonyl (C=O) groups excluding carboxylic acids is 1. The van der Waals surface area contributed by atoms with Gasteiger partial charge in [-0.05, 0) is 35.9 Å². The van der Waals surface area contributed by atoms with Gasteiger partial charge >= 0.3 is 0 Å². The molecule has 0 spiro atoms. The third-order valence-corrected chi connectivity index (χ3v) is 3.89. The number of nitrogens with one attached hydrogen (secondary N) is 1. The summed E-state index contributed by atoms with van der Waals surface area (Å²) in [6, 6.07) is 14.3. The number of carbonyl (C=O) groups is 1. The van der Waals surface area contributed by atoms with E-state index >= 15 is 0 Å². The molecule has 24 heavy (non-hydrogen) atoms. The molecule has 0 atom stereocenters. The van der Waals surface area contributed by atoms with Gasteiger partial charge in [0.2, 0.25) is 0 Å². The third-order valence-electron chi connectivity index (χ3n) is 3.20. The first kappa shape index (κ1) is 17.6. The van der Waals surface area contributed by atoms with Crippen LogP contribution in [-0.4, -0.2) is 20.1 Å². The zero-order valence-electron chi connectivity index (χ0n) is 13.2. The van der Waals surface area contributed by atoms with Crippen LogP contribution in [0.1, 0.15) is 5.56 Å². The smallest absolute Gasteiger partial charge is 0.266 e. The van der Waals surface area contributed by atoms with Crippen molar-refractivity contribution in [1.82, 2.24) is 0 Å². The number of amides is 1. The van der Waals surface area contributed by atoms with Crippen molar-refractivity contribution in [1.29, 1.82) is 5.26 Å². The molecule has 0 unspecified atom stereocenters. The Kier molecular flexibility index (Phi) is 5.99. The summed E-state index contributed by atoms with van der Waals surface area (Å²) in [6.07, 6.45) is 1.49. The molecule has 0 radical (unpaired) electrons. The van der Waals surface area contributed by atoms with E-state index in [4.69, 9.17) is 9.47 Å². The number of nitriles is 1. The Morgan fingerprint density at radius 2 is 1.79 bits per heavy atom. The van der Waals surface area contributed by atoms with Crippen molar-refractivity contribution in [2.75, 3.05) is 19.5 Å². The van der Waals surface area contributed by atoms with E-state index in [1.807, 2.05) is 12.1 Å². The van der Waals surface area contributed by atoms with Crippen molar-refractivity contribution in [3.8, 4) is 17.6 Å². The van der Waals surface area contributed by atoms with Crippen molar-refractivity contribution in [2.45, 2.75) is 0 Å². The molecule has 6 heteroatoms. The van der Waals surface area contributed by atoms with E-state index in [0.717, 1.165) is 0 Å². The van der Waals surface area contributed by atoms with Crippen LogP contribution >= 0.6 is 15.9 Å². The van der Waals surface area contributed by atoms with Crippen molar-refractivity contribution >= 4 is 33.6 Å². The predicted molar refractivity (Wildman–Crippen MR) is 95.9 cm³/mol. The van der Waals surface area contributed by atoms with Gasteiger partial charge in [0.25, 0.3) is 5.91 Å². The van der Waals surface area contributed by atoms with Gasteiger partial charge in [-0.25, -0.2) is 0 Å². The van der Waals surface area contributed by atoms with Crippen molar-refractivity contribution in [3.05, 3.63) is 58.1 Å². The standard InChI is InChI=1S/C18H15BrN2O3/c1-23-16-9-12(15(19)10-17(16)24-2)8-13(11-20)18(22)21-14-6-4-3-5-7-14/h3-10H,1-2H3,(H,21,22)/b13-8+. The quantitative estimate of drug-likeness (QED) is 0.622. The molecule has 0 heterocycles. The molecule has 0 aromatic heterocycles. The van der Waals surface area contributed by atoms with Crippen LogP contribution in [0.25, 0.3) is 6.08 Å². The fourth-order valence-corrected chi connectivity index (χ4v) is 2.44. The lowest BCUT2D eigenvalue weighted by Gasteiger charge is -2.10. The Bertz CT molecular complexity index is 811. The van der Waals surface area contributed by atoms with Crippen molar-refractivity contribution in [3.63, 3.8) is 0 Å². The second kappa shape index (κ2) is 8.18. The molecule has 0 aliphatic rings. The number of hydrogen-bond donors (Lipinski definition) is 1. The van der Waals surface area contributed by atoms with E-state index in [1.165, 1.54) is 20.3 Å². The van der Waals surface area contributed by atoms with Gasteiger partial charge in [-0.15, -0.1) is 0 Å². The first-order valence-electron chi connectivity index (χ1n) is 6.98. The molecule has 0 bridgehead atoms. The van der Waals surface area contributed by atoms with Crippen LogP contribution in [0.3, 0.4) is 0 Å². The summed E-state index contributed by atoms with van der Waals surface area (Å²) in [7, 11) is 3.06. The lowest BCUT2D eigenvalue weighted by Crippen LogP contribution is -2.13. The number of nitrogens with zero attached hydrogens (tertiary/aromatic N) is 1. The molecule has 0 aliphatic heterocycles. The van der Waals surface area contributed by atoms with Gasteiger partial charge in [-0.1, -0.05) is 34.1 Å². The summed E-state index contributed by atoms with van der Waals surface area (Å²) in [5, 5.41) is 12.0. The fourth-order valence-electron chi connectivity index (χ4n) is 2.00. The Morgan fingerprint density at radius 3 is 2.38 bits per heavy atom. The third kappa shape index (κ3) is 4.15. The SMILES string of the molecule is COc1cc(Br)c(/C=C(\C#N)C(=O)Nc2ccccc2)cc1OC. The molecule has 0 aliphatic carbocycles. The summed E-state index contributed by atoms with van der Waals surface area (Å²) in [5.74, 6) is 0.576. The number of methoxy groups -OCH3 is 2. The van der Waals surface area contributed by atoms with E-state index in [2.05, 4.69) is 21.2 Å². The van der Waals surface area contributed by atoms with Crippen LogP contribution in [0, 0.1) is 11.3 Å². The van der Waals surface area contributed by atoms with Gasteiger partial charge in [0, 0.05) is 10.2 Å². The highest BCUT2D eigenvalue weighted by molar-refractivity contribution is 9.10. The molecular formula is C18H15BrN2O3. The number of para-hydroxylation sites is 1. The van der Waals surface area contributed by atoms with Crippen LogP contribution < -0.4 is 14.8 Å². The van der Waals surface area contributed by atoms with E-state index in [1.54, 1.807) is 36.4 Å². The molecule has 122 valence electrons. The van der Waals surface area contributed by atoms with E-state index in [-0.39, 0.29) is 5.57 Å². The number of anilines is 1. The monoisotopic (exact) mass is 386 g/mol. The largest absolute Gasteiger partial charge is 0.493 e. The van der Waals surface area contributed by atoms with Gasteiger partial charge in [-0.3, -0.25) is 4.79 Å². The van der Waals surface area contributed by atoms with Crippen LogP contribution in [0.15, 0.2) is 52.5 Å². The normalized spacial score (nSPS) is 10.7. The van der Waals surface area contributed by atoms with Gasteiger partial charge in [0.1, 0.15) is 11.6 Å². The minimum absolute atomic E-state index is 0.0215. The first-order valence-corrected chi connectivity index (χ1v) is 7.78. The number of hydrogen-bond acceptors (Lipinski definition) is 4. The topological polar surface area (TPSA) is 71.3 Å². The molecule has 0 fully saturated rings. The van der Waals surface area contributed by atoms with Crippen LogP contribution in [0.2, 0.25) is 0 Å². The number of benzene rings is 2. The molecule has 2 aromatic rings. The average molecular weight is 387 g/mol. The maximum absolute atomic E-state index is 12.3.